The van der Waals surface area contributed by atoms with Crippen molar-refractivity contribution in [2.75, 3.05) is 31.8 Å². The van der Waals surface area contributed by atoms with Crippen molar-refractivity contribution < 1.29 is 17.4 Å². The molecule has 0 bridgehead atoms. The fourth-order valence-electron chi connectivity index (χ4n) is 2.41. The van der Waals surface area contributed by atoms with E-state index < -0.39 is 10.1 Å². The fourth-order valence-corrected chi connectivity index (χ4v) is 2.86. The quantitative estimate of drug-likeness (QED) is 0.789. The lowest BCUT2D eigenvalue weighted by atomic mass is 10.1. The minimum atomic E-state index is -3.61. The van der Waals surface area contributed by atoms with Crippen LogP contribution in [0.1, 0.15) is 5.56 Å². The number of rotatable bonds is 4. The molecule has 0 spiro atoms. The van der Waals surface area contributed by atoms with E-state index in [1.165, 1.54) is 6.07 Å². The Kier molecular flexibility index (Phi) is 3.88. The minimum absolute atomic E-state index is 0.200. The van der Waals surface area contributed by atoms with Crippen LogP contribution in [0.2, 0.25) is 0 Å². The molecule has 24 heavy (non-hydrogen) atoms. The van der Waals surface area contributed by atoms with Gasteiger partial charge in [-0.05, 0) is 18.2 Å². The summed E-state index contributed by atoms with van der Waals surface area (Å²) in [4.78, 5) is 22.3. The summed E-state index contributed by atoms with van der Waals surface area (Å²) in [5.74, 6) is 0.350. The second-order valence-electron chi connectivity index (χ2n) is 5.56. The summed E-state index contributed by atoms with van der Waals surface area (Å²) >= 11 is 0. The van der Waals surface area contributed by atoms with E-state index in [2.05, 4.69) is 15.3 Å². The van der Waals surface area contributed by atoms with E-state index in [1.54, 1.807) is 23.1 Å². The summed E-state index contributed by atoms with van der Waals surface area (Å²) in [6.45, 7) is 0.422. The number of carbonyl (C=O) groups excluding carboxylic acids is 1. The molecule has 3 rings (SSSR count). The highest BCUT2D eigenvalue weighted by Crippen LogP contribution is 2.29. The zero-order valence-corrected chi connectivity index (χ0v) is 14.2. The maximum Gasteiger partial charge on any atom is 0.306 e. The maximum atomic E-state index is 11.8. The average Bonchev–Trinajstić information content (AvgIpc) is 2.90. The summed E-state index contributed by atoms with van der Waals surface area (Å²) in [6, 6.07) is 4.80. The smallest absolute Gasteiger partial charge is 0.306 e. The lowest BCUT2D eigenvalue weighted by Gasteiger charge is -2.17. The molecule has 1 aromatic rings. The Hall–Kier alpha value is -2.68. The van der Waals surface area contributed by atoms with Crippen LogP contribution in [0.4, 0.5) is 5.69 Å². The molecule has 0 saturated heterocycles. The van der Waals surface area contributed by atoms with Crippen LogP contribution in [0, 0.1) is 0 Å². The molecule has 0 unspecified atom stereocenters. The summed E-state index contributed by atoms with van der Waals surface area (Å²) in [5, 5.41) is 2.68. The van der Waals surface area contributed by atoms with E-state index in [9.17, 15) is 13.2 Å². The van der Waals surface area contributed by atoms with Gasteiger partial charge in [-0.3, -0.25) is 4.79 Å². The molecule has 2 aliphatic rings. The molecule has 9 heteroatoms. The lowest BCUT2D eigenvalue weighted by molar-refractivity contribution is -0.114. The summed E-state index contributed by atoms with van der Waals surface area (Å²) in [5.41, 5.74) is 2.20. The number of anilines is 1. The molecule has 0 atom stereocenters. The van der Waals surface area contributed by atoms with Gasteiger partial charge in [0.15, 0.2) is 11.5 Å². The lowest BCUT2D eigenvalue weighted by Crippen LogP contribution is -2.35. The van der Waals surface area contributed by atoms with Crippen LogP contribution in [0.15, 0.2) is 40.0 Å². The number of amidine groups is 1. The number of aliphatic imine (C=N–C) groups is 2. The zero-order chi connectivity index (χ0) is 17.5. The maximum absolute atomic E-state index is 11.8. The molecule has 8 nitrogen and oxygen atoms in total. The van der Waals surface area contributed by atoms with Crippen molar-refractivity contribution in [3.63, 3.8) is 0 Å². The molecular formula is C15H16N4O4S. The van der Waals surface area contributed by atoms with Crippen LogP contribution in [-0.2, 0) is 14.9 Å². The first-order chi connectivity index (χ1) is 11.2. The van der Waals surface area contributed by atoms with Gasteiger partial charge >= 0.3 is 10.1 Å². The molecule has 0 aliphatic carbocycles. The van der Waals surface area contributed by atoms with Crippen molar-refractivity contribution in [1.29, 1.82) is 0 Å². The van der Waals surface area contributed by atoms with Gasteiger partial charge in [-0.15, -0.1) is 0 Å². The normalized spacial score (nSPS) is 16.6. The van der Waals surface area contributed by atoms with Crippen LogP contribution >= 0.6 is 0 Å². The Balaban J connectivity index is 2.04. The van der Waals surface area contributed by atoms with Crippen molar-refractivity contribution >= 4 is 33.3 Å². The number of hydrogen-bond acceptors (Lipinski definition) is 7. The predicted molar refractivity (Wildman–Crippen MR) is 91.3 cm³/mol. The van der Waals surface area contributed by atoms with Gasteiger partial charge in [0.25, 0.3) is 5.91 Å². The molecule has 126 valence electrons. The van der Waals surface area contributed by atoms with Gasteiger partial charge in [0.1, 0.15) is 5.75 Å². The fraction of sp³-hybridized carbons (Fsp3) is 0.267. The monoisotopic (exact) mass is 348 g/mol. The topological polar surface area (TPSA) is 100 Å². The summed E-state index contributed by atoms with van der Waals surface area (Å²) in [7, 11) is 0.00618. The minimum Gasteiger partial charge on any atom is -0.383 e. The van der Waals surface area contributed by atoms with E-state index in [4.69, 9.17) is 4.18 Å². The van der Waals surface area contributed by atoms with Crippen molar-refractivity contribution in [1.82, 2.24) is 5.32 Å². The summed E-state index contributed by atoms with van der Waals surface area (Å²) < 4.78 is 27.5. The van der Waals surface area contributed by atoms with E-state index in [0.29, 0.717) is 29.3 Å². The average molecular weight is 348 g/mol. The van der Waals surface area contributed by atoms with Gasteiger partial charge in [-0.2, -0.15) is 8.42 Å². The summed E-state index contributed by atoms with van der Waals surface area (Å²) in [6.07, 6.45) is 2.78. The molecule has 2 heterocycles. The highest BCUT2D eigenvalue weighted by molar-refractivity contribution is 7.86. The van der Waals surface area contributed by atoms with Gasteiger partial charge in [0.2, 0.25) is 0 Å². The third-order valence-electron chi connectivity index (χ3n) is 3.40. The molecular weight excluding hydrogens is 332 g/mol. The van der Waals surface area contributed by atoms with Crippen molar-refractivity contribution in [3.8, 4) is 5.75 Å². The molecule has 0 radical (unpaired) electrons. The number of fused-ring (bicyclic) bond motifs is 1. The van der Waals surface area contributed by atoms with Crippen LogP contribution in [0.5, 0.6) is 5.75 Å². The standard InChI is InChI=1S/C15H16N4O4S/c1-19(2)12-8-9(23-24(3,21)22)4-5-10(12)14-17-11-6-7-16-15(20)13(11)18-14/h4-6,8H,7H2,1-3H3,(H,16,20). The van der Waals surface area contributed by atoms with E-state index in [-0.39, 0.29) is 17.4 Å². The first-order valence-electron chi connectivity index (χ1n) is 7.12. The number of benzene rings is 1. The van der Waals surface area contributed by atoms with Gasteiger partial charge in [-0.25, -0.2) is 9.98 Å². The third-order valence-corrected chi connectivity index (χ3v) is 3.89. The van der Waals surface area contributed by atoms with Crippen molar-refractivity contribution in [2.24, 2.45) is 9.98 Å². The van der Waals surface area contributed by atoms with Gasteiger partial charge in [0.05, 0.1) is 17.6 Å². The second-order valence-corrected chi connectivity index (χ2v) is 7.13. The molecule has 0 fully saturated rings. The van der Waals surface area contributed by atoms with Crippen LogP contribution < -0.4 is 14.4 Å². The Labute approximate surface area is 139 Å². The largest absolute Gasteiger partial charge is 0.383 e. The Morgan fingerprint density at radius 1 is 1.25 bits per heavy atom. The molecule has 0 aromatic heterocycles. The Morgan fingerprint density at radius 3 is 2.62 bits per heavy atom. The van der Waals surface area contributed by atoms with Gasteiger partial charge in [-0.1, -0.05) is 0 Å². The first-order valence-corrected chi connectivity index (χ1v) is 8.93. The SMILES string of the molecule is CN(C)c1cc(OS(C)(=O)=O)ccc1C1=NC2=CCNC(=O)C2=N1. The molecule has 0 saturated carbocycles. The van der Waals surface area contributed by atoms with Crippen molar-refractivity contribution in [2.45, 2.75) is 0 Å². The van der Waals surface area contributed by atoms with E-state index >= 15 is 0 Å². The number of nitrogens with zero attached hydrogens (tertiary/aromatic N) is 3. The van der Waals surface area contributed by atoms with Crippen LogP contribution in [0.3, 0.4) is 0 Å². The molecule has 1 N–H and O–H groups in total. The third kappa shape index (κ3) is 3.16. The zero-order valence-electron chi connectivity index (χ0n) is 13.4. The number of amides is 1. The van der Waals surface area contributed by atoms with Crippen LogP contribution in [-0.4, -0.2) is 52.8 Å². The van der Waals surface area contributed by atoms with Crippen molar-refractivity contribution in [3.05, 3.63) is 35.5 Å². The number of hydrogen-bond donors (Lipinski definition) is 1. The van der Waals surface area contributed by atoms with E-state index in [1.807, 2.05) is 14.1 Å². The molecule has 1 aromatic carbocycles. The Morgan fingerprint density at radius 2 is 2.00 bits per heavy atom. The Bertz CT molecular complexity index is 913. The highest BCUT2D eigenvalue weighted by atomic mass is 32.2. The highest BCUT2D eigenvalue weighted by Gasteiger charge is 2.27. The van der Waals surface area contributed by atoms with Gasteiger partial charge < -0.3 is 14.4 Å². The second kappa shape index (κ2) is 5.75. The number of nitrogens with one attached hydrogen (secondary N) is 1. The number of carbonyl (C=O) groups is 1. The van der Waals surface area contributed by atoms with Gasteiger partial charge in [0, 0.05) is 32.3 Å². The van der Waals surface area contributed by atoms with E-state index in [0.717, 1.165) is 6.26 Å². The molecule has 2 aliphatic heterocycles. The first kappa shape index (κ1) is 16.2. The van der Waals surface area contributed by atoms with Crippen LogP contribution in [0.25, 0.3) is 0 Å². The molecule has 1 amide bonds. The predicted octanol–water partition coefficient (Wildman–Crippen LogP) is 0.306.